The molecule has 16 heavy (non-hydrogen) atoms. The minimum atomic E-state index is -0.407. The molecule has 0 N–H and O–H groups in total. The molecule has 0 unspecified atom stereocenters. The normalized spacial score (nSPS) is 20.3. The first kappa shape index (κ1) is 11.1. The number of carbonyl (C=O) groups is 1. The molecule has 0 bridgehead atoms. The van der Waals surface area contributed by atoms with Gasteiger partial charge in [0.05, 0.1) is 0 Å². The van der Waals surface area contributed by atoms with E-state index in [-0.39, 0.29) is 0 Å². The van der Waals surface area contributed by atoms with Crippen LogP contribution in [-0.4, -0.2) is 31.5 Å². The summed E-state index contributed by atoms with van der Waals surface area (Å²) in [5, 5.41) is 0. The molecular weight excluding hydrogens is 202 g/mol. The zero-order valence-corrected chi connectivity index (χ0v) is 9.56. The largest absolute Gasteiger partial charge is 0.456 e. The Morgan fingerprint density at radius 1 is 1.25 bits per heavy atom. The van der Waals surface area contributed by atoms with E-state index in [4.69, 9.17) is 4.74 Å². The van der Waals surface area contributed by atoms with Gasteiger partial charge in [-0.25, -0.2) is 0 Å². The van der Waals surface area contributed by atoms with Gasteiger partial charge in [-0.2, -0.15) is 0 Å². The lowest BCUT2D eigenvalue weighted by molar-refractivity contribution is -0.150. The monoisotopic (exact) mass is 219 g/mol. The molecule has 86 valence electrons. The number of likely N-dealkylation sites (tertiary alicyclic amines) is 1. The fourth-order valence-electron chi connectivity index (χ4n) is 2.29. The van der Waals surface area contributed by atoms with Crippen LogP contribution in [0.2, 0.25) is 0 Å². The van der Waals surface area contributed by atoms with Crippen molar-refractivity contribution >= 4 is 6.47 Å². The van der Waals surface area contributed by atoms with Crippen LogP contribution in [0.4, 0.5) is 0 Å². The second-order valence-corrected chi connectivity index (χ2v) is 4.38. The van der Waals surface area contributed by atoms with Gasteiger partial charge < -0.3 is 9.64 Å². The molecule has 1 aromatic carbocycles. The third-order valence-electron chi connectivity index (χ3n) is 3.37. The summed E-state index contributed by atoms with van der Waals surface area (Å²) in [6, 6.07) is 10.0. The Hall–Kier alpha value is -1.35. The molecule has 3 nitrogen and oxygen atoms in total. The van der Waals surface area contributed by atoms with Crippen molar-refractivity contribution < 1.29 is 9.53 Å². The predicted molar refractivity (Wildman–Crippen MR) is 62.0 cm³/mol. The van der Waals surface area contributed by atoms with E-state index in [1.54, 1.807) is 0 Å². The van der Waals surface area contributed by atoms with Crippen molar-refractivity contribution in [3.05, 3.63) is 35.9 Å². The van der Waals surface area contributed by atoms with Gasteiger partial charge in [-0.1, -0.05) is 30.3 Å². The lowest BCUT2D eigenvalue weighted by Crippen LogP contribution is -2.42. The average molecular weight is 219 g/mol. The van der Waals surface area contributed by atoms with Gasteiger partial charge in [-0.3, -0.25) is 4.79 Å². The molecule has 1 aliphatic rings. The first-order valence-electron chi connectivity index (χ1n) is 5.62. The van der Waals surface area contributed by atoms with Crippen molar-refractivity contribution in [3.63, 3.8) is 0 Å². The molecule has 0 radical (unpaired) electrons. The van der Waals surface area contributed by atoms with Crippen LogP contribution in [0.15, 0.2) is 30.3 Å². The van der Waals surface area contributed by atoms with E-state index < -0.39 is 5.60 Å². The molecule has 0 atom stereocenters. The molecule has 0 saturated carbocycles. The van der Waals surface area contributed by atoms with Gasteiger partial charge in [-0.05, 0) is 12.6 Å². The highest BCUT2D eigenvalue weighted by Gasteiger charge is 2.37. The topological polar surface area (TPSA) is 29.5 Å². The third kappa shape index (κ3) is 2.09. The maximum atomic E-state index is 10.7. The first-order chi connectivity index (χ1) is 7.77. The summed E-state index contributed by atoms with van der Waals surface area (Å²) in [5.41, 5.74) is 0.699. The Morgan fingerprint density at radius 2 is 1.88 bits per heavy atom. The van der Waals surface area contributed by atoms with E-state index in [2.05, 4.69) is 11.9 Å². The number of ether oxygens (including phenoxy) is 1. The molecule has 1 aromatic rings. The highest BCUT2D eigenvalue weighted by Crippen LogP contribution is 2.35. The standard InChI is InChI=1S/C13H17NO2/c1-14-9-7-13(8-10-14,16-11-15)12-5-3-2-4-6-12/h2-6,11H,7-10H2,1H3. The smallest absolute Gasteiger partial charge is 0.293 e. The fraction of sp³-hybridized carbons (Fsp3) is 0.462. The van der Waals surface area contributed by atoms with Crippen LogP contribution in [0.5, 0.6) is 0 Å². The molecule has 1 fully saturated rings. The van der Waals surface area contributed by atoms with Crippen molar-refractivity contribution in [1.29, 1.82) is 0 Å². The molecule has 0 aliphatic carbocycles. The van der Waals surface area contributed by atoms with Gasteiger partial charge in [0, 0.05) is 25.9 Å². The summed E-state index contributed by atoms with van der Waals surface area (Å²) in [4.78, 5) is 13.0. The van der Waals surface area contributed by atoms with E-state index in [9.17, 15) is 4.79 Å². The highest BCUT2D eigenvalue weighted by molar-refractivity contribution is 5.40. The van der Waals surface area contributed by atoms with Crippen molar-refractivity contribution in [2.45, 2.75) is 18.4 Å². The number of rotatable bonds is 3. The van der Waals surface area contributed by atoms with E-state index in [1.807, 2.05) is 30.3 Å². The summed E-state index contributed by atoms with van der Waals surface area (Å²) in [5.74, 6) is 0. The molecular formula is C13H17NO2. The molecule has 2 rings (SSSR count). The Bertz CT molecular complexity index is 342. The van der Waals surface area contributed by atoms with Gasteiger partial charge in [0.1, 0.15) is 5.60 Å². The number of hydrogen-bond donors (Lipinski definition) is 0. The van der Waals surface area contributed by atoms with Crippen LogP contribution < -0.4 is 0 Å². The average Bonchev–Trinajstić information content (AvgIpc) is 2.34. The van der Waals surface area contributed by atoms with Crippen molar-refractivity contribution in [2.75, 3.05) is 20.1 Å². The Morgan fingerprint density at radius 3 is 2.44 bits per heavy atom. The van der Waals surface area contributed by atoms with Gasteiger partial charge in [0.15, 0.2) is 0 Å². The van der Waals surface area contributed by atoms with E-state index in [1.165, 1.54) is 0 Å². The minimum Gasteiger partial charge on any atom is -0.456 e. The summed E-state index contributed by atoms with van der Waals surface area (Å²) in [7, 11) is 2.09. The number of carbonyl (C=O) groups excluding carboxylic acids is 1. The molecule has 0 amide bonds. The quantitative estimate of drug-likeness (QED) is 0.726. The SMILES string of the molecule is CN1CCC(OC=O)(c2ccccc2)CC1. The van der Waals surface area contributed by atoms with Crippen LogP contribution in [0.3, 0.4) is 0 Å². The van der Waals surface area contributed by atoms with Gasteiger partial charge in [-0.15, -0.1) is 0 Å². The molecule has 1 heterocycles. The highest BCUT2D eigenvalue weighted by atomic mass is 16.5. The predicted octanol–water partition coefficient (Wildman–Crippen LogP) is 1.78. The minimum absolute atomic E-state index is 0.407. The summed E-state index contributed by atoms with van der Waals surface area (Å²) in [6.07, 6.45) is 1.73. The maximum Gasteiger partial charge on any atom is 0.293 e. The molecule has 1 aliphatic heterocycles. The Kier molecular flexibility index (Phi) is 3.25. The fourth-order valence-corrected chi connectivity index (χ4v) is 2.29. The van der Waals surface area contributed by atoms with Crippen molar-refractivity contribution in [2.24, 2.45) is 0 Å². The molecule has 1 saturated heterocycles. The second kappa shape index (κ2) is 4.66. The van der Waals surface area contributed by atoms with Crippen molar-refractivity contribution in [1.82, 2.24) is 4.90 Å². The van der Waals surface area contributed by atoms with Gasteiger partial charge >= 0.3 is 0 Å². The van der Waals surface area contributed by atoms with Crippen molar-refractivity contribution in [3.8, 4) is 0 Å². The molecule has 0 spiro atoms. The van der Waals surface area contributed by atoms with Crippen LogP contribution in [0.25, 0.3) is 0 Å². The van der Waals surface area contributed by atoms with Gasteiger partial charge in [0.25, 0.3) is 6.47 Å². The maximum absolute atomic E-state index is 10.7. The lowest BCUT2D eigenvalue weighted by atomic mass is 9.84. The van der Waals surface area contributed by atoms with Crippen LogP contribution in [-0.2, 0) is 15.1 Å². The summed E-state index contributed by atoms with van der Waals surface area (Å²) in [6.45, 7) is 2.50. The molecule has 3 heteroatoms. The zero-order valence-electron chi connectivity index (χ0n) is 9.56. The van der Waals surface area contributed by atoms with Crippen LogP contribution >= 0.6 is 0 Å². The van der Waals surface area contributed by atoms with E-state index >= 15 is 0 Å². The van der Waals surface area contributed by atoms with Crippen LogP contribution in [0.1, 0.15) is 18.4 Å². The number of piperidine rings is 1. The summed E-state index contributed by atoms with van der Waals surface area (Å²) < 4.78 is 5.40. The first-order valence-corrected chi connectivity index (χ1v) is 5.62. The second-order valence-electron chi connectivity index (χ2n) is 4.38. The van der Waals surface area contributed by atoms with E-state index in [0.29, 0.717) is 6.47 Å². The lowest BCUT2D eigenvalue weighted by Gasteiger charge is -2.39. The number of nitrogens with zero attached hydrogens (tertiary/aromatic N) is 1. The Labute approximate surface area is 96.0 Å². The third-order valence-corrected chi connectivity index (χ3v) is 3.37. The van der Waals surface area contributed by atoms with Crippen LogP contribution in [0, 0.1) is 0 Å². The molecule has 0 aromatic heterocycles. The Balaban J connectivity index is 2.25. The summed E-state index contributed by atoms with van der Waals surface area (Å²) >= 11 is 0. The number of benzene rings is 1. The van der Waals surface area contributed by atoms with E-state index in [0.717, 1.165) is 31.5 Å². The zero-order chi connectivity index (χ0) is 11.4. The van der Waals surface area contributed by atoms with Gasteiger partial charge in [0.2, 0.25) is 0 Å². The number of hydrogen-bond acceptors (Lipinski definition) is 3.